The highest BCUT2D eigenvalue weighted by Crippen LogP contribution is 2.19. The van der Waals surface area contributed by atoms with Gasteiger partial charge in [-0.3, -0.25) is 24.6 Å². The number of amides is 3. The van der Waals surface area contributed by atoms with Crippen LogP contribution < -0.4 is 32.7 Å². The number of carbonyl (C=O) groups is 4. The average Bonchev–Trinajstić information content (AvgIpc) is 3.36. The number of hydrogen-bond acceptors (Lipinski definition) is 6. The SMILES string of the molecule is N=C(N)NCCC[C@H](N)C(=O)N[C@@H](Cc1ccccc1)C(=O)N[C@@H](Cc1c[nH]c2ccccc12)C(=O)NCC(=O)O. The van der Waals surface area contributed by atoms with E-state index in [-0.39, 0.29) is 25.2 Å². The maximum absolute atomic E-state index is 13.6. The molecule has 1 aromatic heterocycles. The Kier molecular flexibility index (Phi) is 11.2. The fourth-order valence-electron chi connectivity index (χ4n) is 4.30. The van der Waals surface area contributed by atoms with Crippen molar-refractivity contribution in [3.8, 4) is 0 Å². The molecule has 0 aliphatic carbocycles. The molecule has 3 rings (SSSR count). The van der Waals surface area contributed by atoms with E-state index >= 15 is 0 Å². The fourth-order valence-corrected chi connectivity index (χ4v) is 4.30. The molecule has 0 spiro atoms. The highest BCUT2D eigenvalue weighted by atomic mass is 16.4. The lowest BCUT2D eigenvalue weighted by atomic mass is 10.0. The minimum Gasteiger partial charge on any atom is -0.480 e. The van der Waals surface area contributed by atoms with Crippen molar-refractivity contribution < 1.29 is 24.3 Å². The van der Waals surface area contributed by atoms with Crippen molar-refractivity contribution >= 4 is 40.6 Å². The largest absolute Gasteiger partial charge is 0.480 e. The molecule has 218 valence electrons. The molecule has 3 aromatic rings. The zero-order chi connectivity index (χ0) is 29.8. The van der Waals surface area contributed by atoms with Gasteiger partial charge in [-0.05, 0) is 30.0 Å². The number of carboxylic acids is 1. The lowest BCUT2D eigenvalue weighted by Crippen LogP contribution is -2.57. The molecule has 1 heterocycles. The molecule has 11 N–H and O–H groups in total. The third-order valence-corrected chi connectivity index (χ3v) is 6.41. The number of nitrogens with one attached hydrogen (secondary N) is 6. The Bertz CT molecular complexity index is 1360. The highest BCUT2D eigenvalue weighted by molar-refractivity contribution is 5.94. The Morgan fingerprint density at radius 3 is 2.24 bits per heavy atom. The minimum atomic E-state index is -1.22. The van der Waals surface area contributed by atoms with Crippen LogP contribution in [0.15, 0.2) is 60.8 Å². The lowest BCUT2D eigenvalue weighted by Gasteiger charge is -2.24. The summed E-state index contributed by atoms with van der Waals surface area (Å²) < 4.78 is 0. The van der Waals surface area contributed by atoms with Crippen molar-refractivity contribution in [1.82, 2.24) is 26.3 Å². The van der Waals surface area contributed by atoms with Gasteiger partial charge in [0.05, 0.1) is 6.04 Å². The lowest BCUT2D eigenvalue weighted by molar-refractivity contribution is -0.138. The number of aromatic nitrogens is 1. The number of guanidine groups is 1. The molecular weight excluding hydrogens is 528 g/mol. The second kappa shape index (κ2) is 15.0. The van der Waals surface area contributed by atoms with Crippen molar-refractivity contribution in [2.24, 2.45) is 11.5 Å². The summed E-state index contributed by atoms with van der Waals surface area (Å²) in [7, 11) is 0. The highest BCUT2D eigenvalue weighted by Gasteiger charge is 2.29. The molecule has 13 heteroatoms. The number of carboxylic acid groups (broad SMARTS) is 1. The van der Waals surface area contributed by atoms with Crippen LogP contribution in [0.3, 0.4) is 0 Å². The van der Waals surface area contributed by atoms with E-state index in [0.29, 0.717) is 13.0 Å². The van der Waals surface area contributed by atoms with Crippen molar-refractivity contribution in [3.05, 3.63) is 71.9 Å². The van der Waals surface area contributed by atoms with Gasteiger partial charge in [-0.1, -0.05) is 48.5 Å². The number of aliphatic carboxylic acids is 1. The van der Waals surface area contributed by atoms with Gasteiger partial charge in [0.25, 0.3) is 0 Å². The summed E-state index contributed by atoms with van der Waals surface area (Å²) in [4.78, 5) is 53.7. The average molecular weight is 565 g/mol. The van der Waals surface area contributed by atoms with Gasteiger partial charge in [0.2, 0.25) is 17.7 Å². The van der Waals surface area contributed by atoms with Crippen molar-refractivity contribution in [1.29, 1.82) is 5.41 Å². The van der Waals surface area contributed by atoms with E-state index in [9.17, 15) is 19.2 Å². The third-order valence-electron chi connectivity index (χ3n) is 6.41. The minimum absolute atomic E-state index is 0.0792. The van der Waals surface area contributed by atoms with Gasteiger partial charge < -0.3 is 42.8 Å². The van der Waals surface area contributed by atoms with Crippen molar-refractivity contribution in [2.45, 2.75) is 43.8 Å². The first-order valence-corrected chi connectivity index (χ1v) is 13.2. The van der Waals surface area contributed by atoms with Crippen LogP contribution in [-0.4, -0.2) is 71.0 Å². The summed E-state index contributed by atoms with van der Waals surface area (Å²) in [5.41, 5.74) is 13.7. The van der Waals surface area contributed by atoms with E-state index < -0.39 is 48.4 Å². The smallest absolute Gasteiger partial charge is 0.322 e. The molecule has 0 fully saturated rings. The maximum Gasteiger partial charge on any atom is 0.322 e. The zero-order valence-electron chi connectivity index (χ0n) is 22.5. The summed E-state index contributed by atoms with van der Waals surface area (Å²) in [5, 5.41) is 27.5. The molecule has 0 unspecified atom stereocenters. The Hall–Kier alpha value is -4.91. The summed E-state index contributed by atoms with van der Waals surface area (Å²) in [6.45, 7) is -0.248. The van der Waals surface area contributed by atoms with Crippen molar-refractivity contribution in [3.63, 3.8) is 0 Å². The van der Waals surface area contributed by atoms with Gasteiger partial charge in [-0.2, -0.15) is 0 Å². The molecule has 3 amide bonds. The first-order chi connectivity index (χ1) is 19.6. The number of H-pyrrole nitrogens is 1. The van der Waals surface area contributed by atoms with Crippen LogP contribution in [0.2, 0.25) is 0 Å². The van der Waals surface area contributed by atoms with E-state index in [2.05, 4.69) is 26.3 Å². The molecule has 0 bridgehead atoms. The van der Waals surface area contributed by atoms with E-state index in [1.165, 1.54) is 0 Å². The second-order valence-electron chi connectivity index (χ2n) is 9.58. The Labute approximate surface area is 236 Å². The Morgan fingerprint density at radius 1 is 0.878 bits per heavy atom. The molecule has 0 saturated carbocycles. The normalized spacial score (nSPS) is 13.0. The first-order valence-electron chi connectivity index (χ1n) is 13.2. The topological polar surface area (TPSA) is 228 Å². The number of fused-ring (bicyclic) bond motifs is 1. The van der Waals surface area contributed by atoms with Gasteiger partial charge in [0.1, 0.15) is 18.6 Å². The maximum atomic E-state index is 13.6. The third kappa shape index (κ3) is 9.65. The number of aromatic amines is 1. The molecule has 0 aliphatic heterocycles. The van der Waals surface area contributed by atoms with Crippen molar-refractivity contribution in [2.75, 3.05) is 13.1 Å². The molecule has 13 nitrogen and oxygen atoms in total. The van der Waals surface area contributed by atoms with Gasteiger partial charge >= 0.3 is 5.97 Å². The van der Waals surface area contributed by atoms with Crippen LogP contribution in [0.1, 0.15) is 24.0 Å². The van der Waals surface area contributed by atoms with Crippen LogP contribution in [0.4, 0.5) is 0 Å². The van der Waals surface area contributed by atoms with Gasteiger partial charge in [-0.25, -0.2) is 0 Å². The number of rotatable bonds is 15. The van der Waals surface area contributed by atoms with E-state index in [1.807, 2.05) is 42.5 Å². The summed E-state index contributed by atoms with van der Waals surface area (Å²) >= 11 is 0. The predicted molar refractivity (Wildman–Crippen MR) is 154 cm³/mol. The van der Waals surface area contributed by atoms with E-state index in [1.54, 1.807) is 18.3 Å². The number of nitrogens with two attached hydrogens (primary N) is 2. The molecule has 41 heavy (non-hydrogen) atoms. The van der Waals surface area contributed by atoms with E-state index in [4.69, 9.17) is 22.0 Å². The van der Waals surface area contributed by atoms with E-state index in [0.717, 1.165) is 22.0 Å². The van der Waals surface area contributed by atoms with Crippen LogP contribution >= 0.6 is 0 Å². The Balaban J connectivity index is 1.78. The molecule has 0 saturated heterocycles. The monoisotopic (exact) mass is 564 g/mol. The van der Waals surface area contributed by atoms with Crippen LogP contribution in [0.5, 0.6) is 0 Å². The number of hydrogen-bond donors (Lipinski definition) is 9. The van der Waals surface area contributed by atoms with Gasteiger partial charge in [0.15, 0.2) is 5.96 Å². The summed E-state index contributed by atoms with van der Waals surface area (Å²) in [6, 6.07) is 13.4. The number of carbonyl (C=O) groups excluding carboxylic acids is 3. The van der Waals surface area contributed by atoms with Crippen LogP contribution in [0, 0.1) is 5.41 Å². The predicted octanol–water partition coefficient (Wildman–Crippen LogP) is -0.286. The molecule has 0 radical (unpaired) electrons. The molecule has 0 aliphatic rings. The standard InChI is InChI=1S/C28H36N8O5/c29-20(10-6-12-32-28(30)31)25(39)35-22(13-17-7-2-1-3-8-17)27(41)36-23(26(40)34-16-24(37)38)14-18-15-33-21-11-5-4-9-19(18)21/h1-5,7-9,11,15,20,22-23,33H,6,10,12-14,16,29H2,(H,34,40)(H,35,39)(H,36,41)(H,37,38)(H4,30,31,32)/t20-,22-,23-/m0/s1. The van der Waals surface area contributed by atoms with Crippen LogP contribution in [0.25, 0.3) is 10.9 Å². The molecular formula is C28H36N8O5. The summed E-state index contributed by atoms with van der Waals surface area (Å²) in [5.74, 6) is -3.25. The van der Waals surface area contributed by atoms with Gasteiger partial charge in [0, 0.05) is 36.5 Å². The molecule has 2 aromatic carbocycles. The Morgan fingerprint density at radius 2 is 1.54 bits per heavy atom. The fraction of sp³-hybridized carbons (Fsp3) is 0.321. The molecule has 3 atom stereocenters. The number of benzene rings is 2. The first kappa shape index (κ1) is 30.6. The van der Waals surface area contributed by atoms with Gasteiger partial charge in [-0.15, -0.1) is 0 Å². The van der Waals surface area contributed by atoms with Crippen LogP contribution in [-0.2, 0) is 32.0 Å². The zero-order valence-corrected chi connectivity index (χ0v) is 22.5. The quantitative estimate of drug-likeness (QED) is 0.0675. The second-order valence-corrected chi connectivity index (χ2v) is 9.58. The number of para-hydroxylation sites is 1. The summed E-state index contributed by atoms with van der Waals surface area (Å²) in [6.07, 6.45) is 2.70.